The number of hydrogen-bond acceptors (Lipinski definition) is 5. The van der Waals surface area contributed by atoms with Gasteiger partial charge in [-0.2, -0.15) is 0 Å². The van der Waals surface area contributed by atoms with Crippen molar-refractivity contribution in [3.63, 3.8) is 0 Å². The normalized spacial score (nSPS) is 28.1. The summed E-state index contributed by atoms with van der Waals surface area (Å²) in [6.07, 6.45) is 2.67. The molecule has 2 saturated heterocycles. The van der Waals surface area contributed by atoms with Crippen LogP contribution in [0.3, 0.4) is 0 Å². The number of nitrogens with zero attached hydrogens (tertiary/aromatic N) is 2. The fourth-order valence-corrected chi connectivity index (χ4v) is 4.97. The van der Waals surface area contributed by atoms with E-state index in [0.29, 0.717) is 19.0 Å². The second-order valence-corrected chi connectivity index (χ2v) is 8.41. The van der Waals surface area contributed by atoms with Crippen LogP contribution in [0.4, 0.5) is 0 Å². The largest absolute Gasteiger partial charge is 0.341 e. The van der Waals surface area contributed by atoms with Gasteiger partial charge in [-0.05, 0) is 32.4 Å². The molecule has 2 atom stereocenters. The molecule has 2 heterocycles. The van der Waals surface area contributed by atoms with Crippen molar-refractivity contribution in [3.8, 4) is 0 Å². The van der Waals surface area contributed by atoms with Gasteiger partial charge in [0, 0.05) is 25.7 Å². The number of nitrogens with one attached hydrogen (secondary N) is 1. The van der Waals surface area contributed by atoms with E-state index >= 15 is 0 Å². The molecule has 2 aliphatic heterocycles. The number of carbonyl (C=O) groups excluding carboxylic acids is 1. The summed E-state index contributed by atoms with van der Waals surface area (Å²) in [6.45, 7) is 5.37. The van der Waals surface area contributed by atoms with Crippen LogP contribution in [0, 0.1) is 0 Å². The second kappa shape index (κ2) is 7.07. The molecule has 2 rings (SSSR count). The van der Waals surface area contributed by atoms with Gasteiger partial charge < -0.3 is 10.2 Å². The van der Waals surface area contributed by atoms with E-state index in [2.05, 4.69) is 17.1 Å². The molecular weight excluding hydrogens is 290 g/mol. The lowest BCUT2D eigenvalue weighted by Crippen LogP contribution is -2.47. The lowest BCUT2D eigenvalue weighted by atomic mass is 10.2. The highest BCUT2D eigenvalue weighted by atomic mass is 32.2. The average Bonchev–Trinajstić information content (AvgIpc) is 3.06. The van der Waals surface area contributed by atoms with Gasteiger partial charge in [0.05, 0.1) is 18.1 Å². The van der Waals surface area contributed by atoms with Crippen LogP contribution in [0.25, 0.3) is 0 Å². The number of hydrogen-bond donors (Lipinski definition) is 1. The van der Waals surface area contributed by atoms with E-state index in [1.807, 2.05) is 0 Å². The lowest BCUT2D eigenvalue weighted by molar-refractivity contribution is -0.133. The molecule has 0 spiro atoms. The summed E-state index contributed by atoms with van der Waals surface area (Å²) in [5.41, 5.74) is 0. The Kier molecular flexibility index (Phi) is 5.62. The van der Waals surface area contributed by atoms with Gasteiger partial charge in [0.15, 0.2) is 9.84 Å². The molecule has 21 heavy (non-hydrogen) atoms. The van der Waals surface area contributed by atoms with Crippen LogP contribution in [0.5, 0.6) is 0 Å². The summed E-state index contributed by atoms with van der Waals surface area (Å²) in [5, 5.41) is 3.33. The Bertz CT molecular complexity index is 460. The Morgan fingerprint density at radius 1 is 1.29 bits per heavy atom. The maximum absolute atomic E-state index is 12.5. The molecule has 0 radical (unpaired) electrons. The number of rotatable bonds is 6. The molecule has 0 saturated carbocycles. The quantitative estimate of drug-likeness (QED) is 0.729. The van der Waals surface area contributed by atoms with Gasteiger partial charge in [-0.3, -0.25) is 9.69 Å². The number of carbonyl (C=O) groups is 1. The Hall–Kier alpha value is -0.660. The molecule has 1 amide bonds. The SMILES string of the molecule is CCCN(CC(=O)N(C)C1CCS(=O)(=O)C1)C1CCNC1. The van der Waals surface area contributed by atoms with E-state index in [1.54, 1.807) is 11.9 Å². The van der Waals surface area contributed by atoms with Crippen molar-refractivity contribution in [2.75, 3.05) is 44.7 Å². The zero-order valence-corrected chi connectivity index (χ0v) is 13.9. The topological polar surface area (TPSA) is 69.7 Å². The first kappa shape index (κ1) is 16.7. The van der Waals surface area contributed by atoms with Gasteiger partial charge in [0.2, 0.25) is 5.91 Å². The fourth-order valence-electron chi connectivity index (χ4n) is 3.20. The fraction of sp³-hybridized carbons (Fsp3) is 0.929. The van der Waals surface area contributed by atoms with Crippen molar-refractivity contribution in [1.82, 2.24) is 15.1 Å². The molecule has 7 heteroatoms. The third kappa shape index (κ3) is 4.40. The van der Waals surface area contributed by atoms with Crippen molar-refractivity contribution in [3.05, 3.63) is 0 Å². The first-order chi connectivity index (χ1) is 9.93. The predicted molar refractivity (Wildman–Crippen MR) is 83.0 cm³/mol. The third-order valence-corrected chi connectivity index (χ3v) is 6.30. The molecule has 122 valence electrons. The molecule has 0 aromatic heterocycles. The zero-order valence-electron chi connectivity index (χ0n) is 13.0. The molecule has 0 aromatic carbocycles. The summed E-state index contributed by atoms with van der Waals surface area (Å²) in [4.78, 5) is 16.3. The summed E-state index contributed by atoms with van der Waals surface area (Å²) in [5.74, 6) is 0.367. The minimum atomic E-state index is -2.95. The summed E-state index contributed by atoms with van der Waals surface area (Å²) in [7, 11) is -1.20. The molecule has 2 aliphatic rings. The van der Waals surface area contributed by atoms with Crippen molar-refractivity contribution in [2.24, 2.45) is 0 Å². The molecule has 0 aromatic rings. The van der Waals surface area contributed by atoms with Gasteiger partial charge in [0.1, 0.15) is 0 Å². The summed E-state index contributed by atoms with van der Waals surface area (Å²) < 4.78 is 23.1. The van der Waals surface area contributed by atoms with E-state index in [4.69, 9.17) is 0 Å². The predicted octanol–water partition coefficient (Wildman–Crippen LogP) is -0.294. The third-order valence-electron chi connectivity index (χ3n) is 4.55. The van der Waals surface area contributed by atoms with Crippen LogP contribution in [-0.4, -0.2) is 80.9 Å². The highest BCUT2D eigenvalue weighted by molar-refractivity contribution is 7.91. The van der Waals surface area contributed by atoms with E-state index < -0.39 is 9.84 Å². The first-order valence-electron chi connectivity index (χ1n) is 7.84. The van der Waals surface area contributed by atoms with Gasteiger partial charge in [-0.1, -0.05) is 6.92 Å². The summed E-state index contributed by atoms with van der Waals surface area (Å²) in [6, 6.07) is 0.280. The van der Waals surface area contributed by atoms with Crippen LogP contribution >= 0.6 is 0 Å². The van der Waals surface area contributed by atoms with E-state index in [1.165, 1.54) is 0 Å². The Morgan fingerprint density at radius 2 is 2.05 bits per heavy atom. The van der Waals surface area contributed by atoms with E-state index in [-0.39, 0.29) is 23.5 Å². The Balaban J connectivity index is 1.91. The van der Waals surface area contributed by atoms with Gasteiger partial charge in [-0.25, -0.2) is 8.42 Å². The number of amides is 1. The van der Waals surface area contributed by atoms with Crippen molar-refractivity contribution in [2.45, 2.75) is 38.3 Å². The molecule has 2 unspecified atom stereocenters. The van der Waals surface area contributed by atoms with Crippen molar-refractivity contribution >= 4 is 15.7 Å². The number of likely N-dealkylation sites (N-methyl/N-ethyl adjacent to an activating group) is 1. The number of sulfone groups is 1. The molecule has 0 bridgehead atoms. The Labute approximate surface area is 127 Å². The smallest absolute Gasteiger partial charge is 0.236 e. The van der Waals surface area contributed by atoms with E-state index in [9.17, 15) is 13.2 Å². The average molecular weight is 317 g/mol. The maximum Gasteiger partial charge on any atom is 0.236 e. The molecule has 0 aliphatic carbocycles. The van der Waals surface area contributed by atoms with Gasteiger partial charge in [0.25, 0.3) is 0 Å². The molecular formula is C14H27N3O3S. The van der Waals surface area contributed by atoms with Crippen molar-refractivity contribution in [1.29, 1.82) is 0 Å². The van der Waals surface area contributed by atoms with Crippen LogP contribution in [0.1, 0.15) is 26.2 Å². The standard InChI is InChI=1S/C14H27N3O3S/c1-3-7-17(12-4-6-15-9-12)10-14(18)16(2)13-5-8-21(19,20)11-13/h12-13,15H,3-11H2,1-2H3. The van der Waals surface area contributed by atoms with Crippen LogP contribution in [-0.2, 0) is 14.6 Å². The Morgan fingerprint density at radius 3 is 2.57 bits per heavy atom. The molecule has 1 N–H and O–H groups in total. The summed E-state index contributed by atoms with van der Waals surface area (Å²) >= 11 is 0. The van der Waals surface area contributed by atoms with Crippen LogP contribution in [0.2, 0.25) is 0 Å². The first-order valence-corrected chi connectivity index (χ1v) is 9.66. The van der Waals surface area contributed by atoms with Crippen molar-refractivity contribution < 1.29 is 13.2 Å². The molecule has 2 fully saturated rings. The minimum Gasteiger partial charge on any atom is -0.341 e. The van der Waals surface area contributed by atoms with E-state index in [0.717, 1.165) is 32.5 Å². The van der Waals surface area contributed by atoms with Crippen LogP contribution in [0.15, 0.2) is 0 Å². The minimum absolute atomic E-state index is 0.0393. The lowest BCUT2D eigenvalue weighted by Gasteiger charge is -2.31. The second-order valence-electron chi connectivity index (χ2n) is 6.18. The van der Waals surface area contributed by atoms with Crippen LogP contribution < -0.4 is 5.32 Å². The maximum atomic E-state index is 12.5. The van der Waals surface area contributed by atoms with Gasteiger partial charge in [-0.15, -0.1) is 0 Å². The molecule has 6 nitrogen and oxygen atoms in total. The van der Waals surface area contributed by atoms with Gasteiger partial charge >= 0.3 is 0 Å². The highest BCUT2D eigenvalue weighted by Gasteiger charge is 2.33. The monoisotopic (exact) mass is 317 g/mol. The zero-order chi connectivity index (χ0) is 15.5. The highest BCUT2D eigenvalue weighted by Crippen LogP contribution is 2.17.